The summed E-state index contributed by atoms with van der Waals surface area (Å²) in [4.78, 5) is 14.0. The van der Waals surface area contributed by atoms with E-state index < -0.39 is 0 Å². The molecule has 2 rings (SSSR count). The monoisotopic (exact) mass is 224 g/mol. The van der Waals surface area contributed by atoms with Crippen molar-refractivity contribution in [3.05, 3.63) is 21.9 Å². The number of methoxy groups -OCH3 is 1. The van der Waals surface area contributed by atoms with E-state index in [0.29, 0.717) is 5.92 Å². The van der Waals surface area contributed by atoms with Gasteiger partial charge in [-0.15, -0.1) is 11.3 Å². The van der Waals surface area contributed by atoms with Gasteiger partial charge in [-0.2, -0.15) is 0 Å². The van der Waals surface area contributed by atoms with Gasteiger partial charge in [0.2, 0.25) is 0 Å². The van der Waals surface area contributed by atoms with E-state index in [1.165, 1.54) is 16.9 Å². The van der Waals surface area contributed by atoms with Crippen molar-refractivity contribution in [1.29, 1.82) is 0 Å². The molecule has 1 aliphatic rings. The molecule has 0 bridgehead atoms. The summed E-state index contributed by atoms with van der Waals surface area (Å²) in [5, 5.41) is 0. The highest BCUT2D eigenvalue weighted by Crippen LogP contribution is 2.43. The van der Waals surface area contributed by atoms with E-state index in [1.54, 1.807) is 0 Å². The zero-order valence-electron chi connectivity index (χ0n) is 9.16. The minimum atomic E-state index is -0.0256. The highest BCUT2D eigenvalue weighted by Gasteiger charge is 2.43. The molecule has 1 aromatic rings. The molecule has 1 heterocycles. The molecule has 1 aromatic heterocycles. The first-order valence-corrected chi connectivity index (χ1v) is 6.15. The Balaban J connectivity index is 1.75. The number of ether oxygens (including phenoxy) is 1. The molecular formula is C12H16O2S. The van der Waals surface area contributed by atoms with Crippen molar-refractivity contribution in [3.8, 4) is 0 Å². The summed E-state index contributed by atoms with van der Waals surface area (Å²) in [6.07, 6.45) is 3.26. The van der Waals surface area contributed by atoms with Crippen molar-refractivity contribution >= 4 is 17.3 Å². The van der Waals surface area contributed by atoms with Crippen LogP contribution in [0.25, 0.3) is 0 Å². The normalized spacial score (nSPS) is 23.9. The van der Waals surface area contributed by atoms with E-state index in [0.717, 1.165) is 19.3 Å². The number of carbonyl (C=O) groups excluding carboxylic acids is 1. The van der Waals surface area contributed by atoms with Gasteiger partial charge in [0.15, 0.2) is 0 Å². The van der Waals surface area contributed by atoms with Crippen LogP contribution >= 0.6 is 11.3 Å². The quantitative estimate of drug-likeness (QED) is 0.735. The third kappa shape index (κ3) is 2.59. The van der Waals surface area contributed by atoms with Crippen LogP contribution in [0.5, 0.6) is 0 Å². The summed E-state index contributed by atoms with van der Waals surface area (Å²) in [6.45, 7) is 2.13. The molecular weight excluding hydrogens is 208 g/mol. The summed E-state index contributed by atoms with van der Waals surface area (Å²) < 4.78 is 4.72. The lowest BCUT2D eigenvalue weighted by atomic mass is 10.1. The highest BCUT2D eigenvalue weighted by atomic mass is 32.1. The summed E-state index contributed by atoms with van der Waals surface area (Å²) in [5.74, 6) is 0.735. The lowest BCUT2D eigenvalue weighted by molar-refractivity contribution is -0.142. The smallest absolute Gasteiger partial charge is 0.308 e. The van der Waals surface area contributed by atoms with Crippen LogP contribution < -0.4 is 0 Å². The van der Waals surface area contributed by atoms with Gasteiger partial charge < -0.3 is 4.74 Å². The first-order chi connectivity index (χ1) is 7.20. The van der Waals surface area contributed by atoms with Crippen LogP contribution in [0.15, 0.2) is 12.1 Å². The molecule has 2 unspecified atom stereocenters. The van der Waals surface area contributed by atoms with Gasteiger partial charge in [-0.3, -0.25) is 4.79 Å². The fraction of sp³-hybridized carbons (Fsp3) is 0.583. The predicted molar refractivity (Wildman–Crippen MR) is 61.0 cm³/mol. The molecule has 3 heteroatoms. The third-order valence-electron chi connectivity index (χ3n) is 2.98. The molecule has 15 heavy (non-hydrogen) atoms. The SMILES string of the molecule is COC(=O)C1CC1CCc1ccc(C)s1. The zero-order chi connectivity index (χ0) is 10.8. The van der Waals surface area contributed by atoms with Crippen LogP contribution in [0.1, 0.15) is 22.6 Å². The van der Waals surface area contributed by atoms with E-state index in [2.05, 4.69) is 19.1 Å². The predicted octanol–water partition coefficient (Wildman–Crippen LogP) is 2.80. The lowest BCUT2D eigenvalue weighted by Gasteiger charge is -1.97. The Labute approximate surface area is 94.3 Å². The Morgan fingerprint density at radius 2 is 2.40 bits per heavy atom. The van der Waals surface area contributed by atoms with Crippen LogP contribution in [-0.2, 0) is 16.0 Å². The van der Waals surface area contributed by atoms with Crippen LogP contribution in [-0.4, -0.2) is 13.1 Å². The molecule has 0 amide bonds. The first kappa shape index (κ1) is 10.7. The number of hydrogen-bond acceptors (Lipinski definition) is 3. The Kier molecular flexibility index (Phi) is 3.10. The number of hydrogen-bond donors (Lipinski definition) is 0. The van der Waals surface area contributed by atoms with E-state index in [9.17, 15) is 4.79 Å². The largest absolute Gasteiger partial charge is 0.469 e. The van der Waals surface area contributed by atoms with Gasteiger partial charge in [0.1, 0.15) is 0 Å². The van der Waals surface area contributed by atoms with Crippen molar-refractivity contribution < 1.29 is 9.53 Å². The molecule has 0 spiro atoms. The first-order valence-electron chi connectivity index (χ1n) is 5.34. The summed E-state index contributed by atoms with van der Waals surface area (Å²) in [6, 6.07) is 4.35. The van der Waals surface area contributed by atoms with E-state index in [-0.39, 0.29) is 11.9 Å². The maximum atomic E-state index is 11.2. The number of esters is 1. The van der Waals surface area contributed by atoms with E-state index in [4.69, 9.17) is 4.74 Å². The van der Waals surface area contributed by atoms with Crippen molar-refractivity contribution in [2.75, 3.05) is 7.11 Å². The van der Waals surface area contributed by atoms with Gasteiger partial charge >= 0.3 is 5.97 Å². The Morgan fingerprint density at radius 1 is 1.60 bits per heavy atom. The van der Waals surface area contributed by atoms with E-state index >= 15 is 0 Å². The average Bonchev–Trinajstić information content (AvgIpc) is 2.90. The summed E-state index contributed by atoms with van der Waals surface area (Å²) in [7, 11) is 1.47. The Morgan fingerprint density at radius 3 is 3.00 bits per heavy atom. The van der Waals surface area contributed by atoms with Gasteiger partial charge in [-0.05, 0) is 44.2 Å². The van der Waals surface area contributed by atoms with Gasteiger partial charge in [-0.1, -0.05) is 0 Å². The molecule has 2 atom stereocenters. The van der Waals surface area contributed by atoms with E-state index in [1.807, 2.05) is 11.3 Å². The molecule has 0 saturated heterocycles. The minimum absolute atomic E-state index is 0.0256. The van der Waals surface area contributed by atoms with Crippen LogP contribution in [0.2, 0.25) is 0 Å². The number of rotatable bonds is 4. The molecule has 0 N–H and O–H groups in total. The van der Waals surface area contributed by atoms with Crippen LogP contribution in [0.3, 0.4) is 0 Å². The molecule has 0 radical (unpaired) electrons. The highest BCUT2D eigenvalue weighted by molar-refractivity contribution is 7.11. The lowest BCUT2D eigenvalue weighted by Crippen LogP contribution is -2.04. The summed E-state index contributed by atoms with van der Waals surface area (Å²) >= 11 is 1.86. The van der Waals surface area contributed by atoms with Crippen molar-refractivity contribution in [2.24, 2.45) is 11.8 Å². The Bertz CT molecular complexity index is 356. The second kappa shape index (κ2) is 4.35. The molecule has 0 aromatic carbocycles. The van der Waals surface area contributed by atoms with Crippen molar-refractivity contribution in [2.45, 2.75) is 26.2 Å². The van der Waals surface area contributed by atoms with Crippen LogP contribution in [0, 0.1) is 18.8 Å². The minimum Gasteiger partial charge on any atom is -0.469 e. The van der Waals surface area contributed by atoms with Gasteiger partial charge in [-0.25, -0.2) is 0 Å². The molecule has 82 valence electrons. The second-order valence-electron chi connectivity index (χ2n) is 4.18. The van der Waals surface area contributed by atoms with Gasteiger partial charge in [0.25, 0.3) is 0 Å². The van der Waals surface area contributed by atoms with Crippen molar-refractivity contribution in [3.63, 3.8) is 0 Å². The zero-order valence-corrected chi connectivity index (χ0v) is 9.97. The fourth-order valence-corrected chi connectivity index (χ4v) is 2.86. The topological polar surface area (TPSA) is 26.3 Å². The summed E-state index contributed by atoms with van der Waals surface area (Å²) in [5.41, 5.74) is 0. The van der Waals surface area contributed by atoms with Crippen LogP contribution in [0.4, 0.5) is 0 Å². The number of thiophene rings is 1. The Hall–Kier alpha value is -0.830. The molecule has 2 nitrogen and oxygen atoms in total. The molecule has 1 saturated carbocycles. The third-order valence-corrected chi connectivity index (χ3v) is 4.04. The molecule has 1 fully saturated rings. The standard InChI is InChI=1S/C12H16O2S/c1-8-3-5-10(15-8)6-4-9-7-11(9)12(13)14-2/h3,5,9,11H,4,6-7H2,1-2H3. The number of carbonyl (C=O) groups is 1. The number of aryl methyl sites for hydroxylation is 2. The average molecular weight is 224 g/mol. The van der Waals surface area contributed by atoms with Gasteiger partial charge in [0, 0.05) is 9.75 Å². The maximum absolute atomic E-state index is 11.2. The fourth-order valence-electron chi connectivity index (χ4n) is 1.95. The maximum Gasteiger partial charge on any atom is 0.308 e. The van der Waals surface area contributed by atoms with Crippen molar-refractivity contribution in [1.82, 2.24) is 0 Å². The molecule has 0 aliphatic heterocycles. The second-order valence-corrected chi connectivity index (χ2v) is 5.55. The van der Waals surface area contributed by atoms with Gasteiger partial charge in [0.05, 0.1) is 13.0 Å². The molecule has 1 aliphatic carbocycles.